The molecule has 1 aliphatic rings. The first-order chi connectivity index (χ1) is 12.3. The van der Waals surface area contributed by atoms with Crippen LogP contribution in [-0.2, 0) is 19.1 Å². The highest BCUT2D eigenvalue weighted by molar-refractivity contribution is 7.99. The van der Waals surface area contributed by atoms with Gasteiger partial charge in [0.15, 0.2) is 6.10 Å². The maximum atomic E-state index is 12.3. The van der Waals surface area contributed by atoms with Gasteiger partial charge in [-0.15, -0.1) is 0 Å². The van der Waals surface area contributed by atoms with Crippen LogP contribution in [0.25, 0.3) is 0 Å². The van der Waals surface area contributed by atoms with Gasteiger partial charge < -0.3 is 15.0 Å². The van der Waals surface area contributed by atoms with Crippen molar-refractivity contribution in [1.82, 2.24) is 4.90 Å². The smallest absolute Gasteiger partial charge is 0.329 e. The summed E-state index contributed by atoms with van der Waals surface area (Å²) in [4.78, 5) is 37.7. The Morgan fingerprint density at radius 3 is 2.50 bits per heavy atom. The summed E-state index contributed by atoms with van der Waals surface area (Å²) in [5.74, 6) is -3.87. The molecule has 1 aromatic rings. The lowest BCUT2D eigenvalue weighted by molar-refractivity contribution is -0.159. The van der Waals surface area contributed by atoms with Gasteiger partial charge in [0.2, 0.25) is 5.91 Å². The third-order valence-electron chi connectivity index (χ3n) is 3.94. The number of benzene rings is 1. The van der Waals surface area contributed by atoms with Crippen LogP contribution in [0.3, 0.4) is 0 Å². The van der Waals surface area contributed by atoms with E-state index < -0.39 is 29.8 Å². The largest absolute Gasteiger partial charge is 0.451 e. The van der Waals surface area contributed by atoms with Crippen LogP contribution in [0.4, 0.5) is 14.5 Å². The molecule has 6 nitrogen and oxygen atoms in total. The molecule has 0 unspecified atom stereocenters. The lowest BCUT2D eigenvalue weighted by Crippen LogP contribution is -2.42. The Balaban J connectivity index is 1.89. The van der Waals surface area contributed by atoms with Crippen LogP contribution in [0.15, 0.2) is 29.2 Å². The predicted octanol–water partition coefficient (Wildman–Crippen LogP) is 2.88. The van der Waals surface area contributed by atoms with E-state index in [9.17, 15) is 23.2 Å². The fourth-order valence-corrected chi connectivity index (χ4v) is 3.16. The van der Waals surface area contributed by atoms with Crippen LogP contribution < -0.4 is 5.32 Å². The molecule has 1 heterocycles. The quantitative estimate of drug-likeness (QED) is 0.601. The lowest BCUT2D eigenvalue weighted by atomic mass is 10.2. The maximum Gasteiger partial charge on any atom is 0.329 e. The monoisotopic (exact) mass is 386 g/mol. The van der Waals surface area contributed by atoms with E-state index in [2.05, 4.69) is 5.32 Å². The summed E-state index contributed by atoms with van der Waals surface area (Å²) in [7, 11) is 0. The van der Waals surface area contributed by atoms with Crippen molar-refractivity contribution in [2.45, 2.75) is 49.5 Å². The number of halogens is 2. The molecule has 0 aliphatic carbocycles. The molecule has 1 N–H and O–H groups in total. The number of hydrogen-bond donors (Lipinski definition) is 1. The Hall–Kier alpha value is -2.16. The maximum absolute atomic E-state index is 12.3. The van der Waals surface area contributed by atoms with E-state index in [1.165, 1.54) is 43.0 Å². The number of carbonyl (C=O) groups is 3. The third-order valence-corrected chi connectivity index (χ3v) is 4.66. The molecule has 142 valence electrons. The number of nitrogens with zero attached hydrogens (tertiary/aromatic N) is 1. The van der Waals surface area contributed by atoms with Gasteiger partial charge in [0.05, 0.1) is 0 Å². The summed E-state index contributed by atoms with van der Waals surface area (Å²) in [5, 5.41) is 2.56. The Morgan fingerprint density at radius 2 is 1.92 bits per heavy atom. The molecule has 2 amide bonds. The highest BCUT2D eigenvalue weighted by Crippen LogP contribution is 2.26. The van der Waals surface area contributed by atoms with Crippen LogP contribution in [0.2, 0.25) is 0 Å². The Kier molecular flexibility index (Phi) is 6.96. The van der Waals surface area contributed by atoms with E-state index in [1.54, 1.807) is 0 Å². The highest BCUT2D eigenvalue weighted by Gasteiger charge is 2.35. The van der Waals surface area contributed by atoms with Crippen LogP contribution >= 0.6 is 11.8 Å². The average Bonchev–Trinajstić information content (AvgIpc) is 3.06. The molecule has 1 fully saturated rings. The van der Waals surface area contributed by atoms with Crippen molar-refractivity contribution in [2.24, 2.45) is 0 Å². The average molecular weight is 386 g/mol. The van der Waals surface area contributed by atoms with Crippen LogP contribution in [0.5, 0.6) is 0 Å². The molecule has 0 saturated carbocycles. The zero-order valence-corrected chi connectivity index (χ0v) is 15.2. The molecule has 0 aromatic heterocycles. The molecule has 0 bridgehead atoms. The molecular formula is C17H20F2N2O4S. The minimum Gasteiger partial charge on any atom is -0.451 e. The van der Waals surface area contributed by atoms with E-state index in [1.807, 2.05) is 0 Å². The molecule has 1 aromatic carbocycles. The molecule has 1 saturated heterocycles. The first kappa shape index (κ1) is 20.2. The van der Waals surface area contributed by atoms with E-state index in [0.717, 1.165) is 0 Å². The second kappa shape index (κ2) is 8.98. The van der Waals surface area contributed by atoms with Crippen LogP contribution in [-0.4, -0.2) is 47.1 Å². The highest BCUT2D eigenvalue weighted by atomic mass is 32.2. The number of alkyl halides is 2. The second-order valence-corrected chi connectivity index (χ2v) is 6.91. The van der Waals surface area contributed by atoms with Crippen LogP contribution in [0, 0.1) is 0 Å². The van der Waals surface area contributed by atoms with Crippen LogP contribution in [0.1, 0.15) is 26.7 Å². The number of carbonyl (C=O) groups excluding carboxylic acids is 3. The molecule has 2 rings (SSSR count). The van der Waals surface area contributed by atoms with E-state index >= 15 is 0 Å². The van der Waals surface area contributed by atoms with E-state index in [0.29, 0.717) is 41.7 Å². The lowest BCUT2D eigenvalue weighted by Gasteiger charge is -2.23. The Labute approximate surface area is 154 Å². The van der Waals surface area contributed by atoms with Gasteiger partial charge in [-0.3, -0.25) is 9.59 Å². The standard InChI is InChI=1S/C17H20F2N2O4S/c1-10(25-16(24)14-4-3-9-21(14)11(2)22)15(23)20-12-5-7-13(8-6-12)26-17(18)19/h5-8,10,14,17H,3-4,9H2,1-2H3,(H,20,23)/t10-,14-/m0/s1. The number of ether oxygens (including phenoxy) is 1. The van der Waals surface area contributed by atoms with Gasteiger partial charge in [0, 0.05) is 24.1 Å². The van der Waals surface area contributed by atoms with Gasteiger partial charge in [0.25, 0.3) is 11.7 Å². The van der Waals surface area contributed by atoms with Crippen molar-refractivity contribution in [2.75, 3.05) is 11.9 Å². The Bertz CT molecular complexity index is 669. The fourth-order valence-electron chi connectivity index (χ4n) is 2.66. The molecular weight excluding hydrogens is 366 g/mol. The van der Waals surface area contributed by atoms with Crippen molar-refractivity contribution in [3.05, 3.63) is 24.3 Å². The van der Waals surface area contributed by atoms with Gasteiger partial charge in [-0.2, -0.15) is 8.78 Å². The number of amides is 2. The Morgan fingerprint density at radius 1 is 1.27 bits per heavy atom. The number of rotatable bonds is 6. The van der Waals surface area contributed by atoms with Crippen molar-refractivity contribution in [3.8, 4) is 0 Å². The van der Waals surface area contributed by atoms with Gasteiger partial charge >= 0.3 is 5.97 Å². The SMILES string of the molecule is CC(=O)N1CCC[C@H]1C(=O)O[C@@H](C)C(=O)Nc1ccc(SC(F)F)cc1. The summed E-state index contributed by atoms with van der Waals surface area (Å²) in [6.45, 7) is 3.32. The number of thioether (sulfide) groups is 1. The zero-order valence-electron chi connectivity index (χ0n) is 14.4. The van der Waals surface area contributed by atoms with Crippen molar-refractivity contribution in [3.63, 3.8) is 0 Å². The number of nitrogens with one attached hydrogen (secondary N) is 1. The van der Waals surface area contributed by atoms with Crippen molar-refractivity contribution >= 4 is 35.2 Å². The minimum absolute atomic E-state index is 0.205. The van der Waals surface area contributed by atoms with Gasteiger partial charge in [-0.1, -0.05) is 11.8 Å². The summed E-state index contributed by atoms with van der Waals surface area (Å²) >= 11 is 0.410. The summed E-state index contributed by atoms with van der Waals surface area (Å²) in [6.07, 6.45) is 0.172. The van der Waals surface area contributed by atoms with Gasteiger partial charge in [0.1, 0.15) is 6.04 Å². The predicted molar refractivity (Wildman–Crippen MR) is 92.9 cm³/mol. The summed E-state index contributed by atoms with van der Waals surface area (Å²) in [5.41, 5.74) is 0.405. The third kappa shape index (κ3) is 5.42. The van der Waals surface area contributed by atoms with Crippen molar-refractivity contribution in [1.29, 1.82) is 0 Å². The molecule has 0 radical (unpaired) electrons. The molecule has 2 atom stereocenters. The van der Waals surface area contributed by atoms with Crippen molar-refractivity contribution < 1.29 is 27.9 Å². The number of anilines is 1. The molecule has 26 heavy (non-hydrogen) atoms. The number of hydrogen-bond acceptors (Lipinski definition) is 5. The summed E-state index contributed by atoms with van der Waals surface area (Å²) < 4.78 is 29.7. The molecule has 0 spiro atoms. The van der Waals surface area contributed by atoms with E-state index in [-0.39, 0.29) is 5.91 Å². The molecule has 1 aliphatic heterocycles. The van der Waals surface area contributed by atoms with E-state index in [4.69, 9.17) is 4.74 Å². The van der Waals surface area contributed by atoms with Gasteiger partial charge in [-0.05, 0) is 44.0 Å². The minimum atomic E-state index is -2.51. The summed E-state index contributed by atoms with van der Waals surface area (Å²) in [6, 6.07) is 5.25. The second-order valence-electron chi connectivity index (χ2n) is 5.84. The fraction of sp³-hybridized carbons (Fsp3) is 0.471. The topological polar surface area (TPSA) is 75.7 Å². The number of esters is 1. The number of likely N-dealkylation sites (tertiary alicyclic amines) is 1. The van der Waals surface area contributed by atoms with Gasteiger partial charge in [-0.25, -0.2) is 4.79 Å². The first-order valence-electron chi connectivity index (χ1n) is 8.11. The molecule has 9 heteroatoms. The normalized spacial score (nSPS) is 17.9. The zero-order chi connectivity index (χ0) is 19.3. The first-order valence-corrected chi connectivity index (χ1v) is 8.99.